The van der Waals surface area contributed by atoms with Crippen molar-refractivity contribution in [3.05, 3.63) is 12.2 Å². The van der Waals surface area contributed by atoms with E-state index in [0.29, 0.717) is 6.04 Å². The summed E-state index contributed by atoms with van der Waals surface area (Å²) in [6.45, 7) is 17.9. The molecule has 1 saturated heterocycles. The molecule has 1 aliphatic heterocycles. The van der Waals surface area contributed by atoms with Crippen molar-refractivity contribution in [1.82, 2.24) is 10.2 Å². The quantitative estimate of drug-likeness (QED) is 0.719. The van der Waals surface area contributed by atoms with Gasteiger partial charge in [0, 0.05) is 24.7 Å². The van der Waals surface area contributed by atoms with Gasteiger partial charge in [-0.05, 0) is 33.7 Å². The lowest BCUT2D eigenvalue weighted by Crippen LogP contribution is -2.60. The SMILES string of the molecule is C=C(C)C(NCCC)C(C)(C)N1CCOCC1. The van der Waals surface area contributed by atoms with Crippen LogP contribution in [0.2, 0.25) is 0 Å². The van der Waals surface area contributed by atoms with Crippen molar-refractivity contribution in [3.8, 4) is 0 Å². The van der Waals surface area contributed by atoms with E-state index in [1.165, 1.54) is 5.57 Å². The molecule has 1 heterocycles. The number of hydrogen-bond acceptors (Lipinski definition) is 3. The molecule has 0 radical (unpaired) electrons. The van der Waals surface area contributed by atoms with Crippen molar-refractivity contribution >= 4 is 0 Å². The summed E-state index contributed by atoms with van der Waals surface area (Å²) in [6, 6.07) is 0.348. The molecule has 1 rings (SSSR count). The summed E-state index contributed by atoms with van der Waals surface area (Å²) in [7, 11) is 0. The molecule has 3 nitrogen and oxygen atoms in total. The van der Waals surface area contributed by atoms with Crippen molar-refractivity contribution in [1.29, 1.82) is 0 Å². The molecular formula is C14H28N2O. The van der Waals surface area contributed by atoms with Gasteiger partial charge in [-0.2, -0.15) is 0 Å². The molecule has 0 aliphatic carbocycles. The zero-order chi connectivity index (χ0) is 12.9. The fourth-order valence-electron chi connectivity index (χ4n) is 2.64. The maximum atomic E-state index is 5.43. The zero-order valence-corrected chi connectivity index (χ0v) is 11.9. The first kappa shape index (κ1) is 14.7. The van der Waals surface area contributed by atoms with Gasteiger partial charge in [0.1, 0.15) is 0 Å². The van der Waals surface area contributed by atoms with Crippen LogP contribution in [0.5, 0.6) is 0 Å². The molecule has 0 bridgehead atoms. The topological polar surface area (TPSA) is 24.5 Å². The van der Waals surface area contributed by atoms with E-state index >= 15 is 0 Å². The average Bonchev–Trinajstić information content (AvgIpc) is 2.30. The van der Waals surface area contributed by atoms with Gasteiger partial charge in [-0.3, -0.25) is 4.90 Å². The number of morpholine rings is 1. The third-order valence-corrected chi connectivity index (χ3v) is 3.62. The number of nitrogens with zero attached hydrogens (tertiary/aromatic N) is 1. The second-order valence-electron chi connectivity index (χ2n) is 5.49. The zero-order valence-electron chi connectivity index (χ0n) is 11.9. The largest absolute Gasteiger partial charge is 0.379 e. The molecule has 0 aromatic carbocycles. The van der Waals surface area contributed by atoms with Crippen LogP contribution in [-0.4, -0.2) is 49.3 Å². The molecule has 100 valence electrons. The molecule has 0 aromatic rings. The molecule has 0 saturated carbocycles. The minimum Gasteiger partial charge on any atom is -0.379 e. The first-order valence-corrected chi connectivity index (χ1v) is 6.71. The molecule has 1 N–H and O–H groups in total. The maximum absolute atomic E-state index is 5.43. The lowest BCUT2D eigenvalue weighted by molar-refractivity contribution is -0.0188. The fraction of sp³-hybridized carbons (Fsp3) is 0.857. The Morgan fingerprint density at radius 1 is 1.41 bits per heavy atom. The minimum absolute atomic E-state index is 0.102. The van der Waals surface area contributed by atoms with Gasteiger partial charge >= 0.3 is 0 Å². The molecule has 3 heteroatoms. The number of nitrogens with one attached hydrogen (secondary N) is 1. The standard InChI is InChI=1S/C14H28N2O/c1-6-7-15-13(12(2)3)14(4,5)16-8-10-17-11-9-16/h13,15H,2,6-11H2,1,3-5H3. The Labute approximate surface area is 106 Å². The van der Waals surface area contributed by atoms with Gasteiger partial charge < -0.3 is 10.1 Å². The Hall–Kier alpha value is -0.380. The van der Waals surface area contributed by atoms with Crippen LogP contribution in [0.25, 0.3) is 0 Å². The van der Waals surface area contributed by atoms with Crippen LogP contribution in [0.3, 0.4) is 0 Å². The number of ether oxygens (including phenoxy) is 1. The molecule has 1 atom stereocenters. The van der Waals surface area contributed by atoms with E-state index < -0.39 is 0 Å². The summed E-state index contributed by atoms with van der Waals surface area (Å²) >= 11 is 0. The van der Waals surface area contributed by atoms with Crippen LogP contribution in [0.4, 0.5) is 0 Å². The summed E-state index contributed by atoms with van der Waals surface area (Å²) in [4.78, 5) is 2.51. The van der Waals surface area contributed by atoms with Crippen molar-refractivity contribution in [3.63, 3.8) is 0 Å². The molecule has 1 fully saturated rings. The number of rotatable bonds is 6. The predicted molar refractivity (Wildman–Crippen MR) is 73.4 cm³/mol. The van der Waals surface area contributed by atoms with E-state index in [-0.39, 0.29) is 5.54 Å². The highest BCUT2D eigenvalue weighted by Gasteiger charge is 2.36. The second kappa shape index (κ2) is 6.53. The van der Waals surface area contributed by atoms with E-state index in [1.807, 2.05) is 0 Å². The predicted octanol–water partition coefficient (Wildman–Crippen LogP) is 2.04. The van der Waals surface area contributed by atoms with Gasteiger partial charge in [0.2, 0.25) is 0 Å². The van der Waals surface area contributed by atoms with Gasteiger partial charge in [-0.15, -0.1) is 0 Å². The van der Waals surface area contributed by atoms with Crippen LogP contribution in [-0.2, 0) is 4.74 Å². The first-order chi connectivity index (χ1) is 8.00. The van der Waals surface area contributed by atoms with Crippen LogP contribution in [0.15, 0.2) is 12.2 Å². The summed E-state index contributed by atoms with van der Waals surface area (Å²) in [5.41, 5.74) is 1.32. The van der Waals surface area contributed by atoms with Crippen molar-refractivity contribution in [2.24, 2.45) is 0 Å². The van der Waals surface area contributed by atoms with E-state index in [1.54, 1.807) is 0 Å². The summed E-state index contributed by atoms with van der Waals surface area (Å²) < 4.78 is 5.43. The molecule has 0 spiro atoms. The summed E-state index contributed by atoms with van der Waals surface area (Å²) in [6.07, 6.45) is 1.16. The molecule has 17 heavy (non-hydrogen) atoms. The van der Waals surface area contributed by atoms with E-state index in [0.717, 1.165) is 39.3 Å². The molecule has 1 aliphatic rings. The molecular weight excluding hydrogens is 212 g/mol. The third-order valence-electron chi connectivity index (χ3n) is 3.62. The highest BCUT2D eigenvalue weighted by molar-refractivity contribution is 5.12. The monoisotopic (exact) mass is 240 g/mol. The van der Waals surface area contributed by atoms with Crippen molar-refractivity contribution in [2.45, 2.75) is 45.7 Å². The summed E-state index contributed by atoms with van der Waals surface area (Å²) in [5, 5.41) is 3.62. The molecule has 0 amide bonds. The fourth-order valence-corrected chi connectivity index (χ4v) is 2.64. The van der Waals surface area contributed by atoms with Gasteiger partial charge in [0.05, 0.1) is 13.2 Å². The van der Waals surface area contributed by atoms with E-state index in [4.69, 9.17) is 4.74 Å². The van der Waals surface area contributed by atoms with Gasteiger partial charge in [0.25, 0.3) is 0 Å². The maximum Gasteiger partial charge on any atom is 0.0594 e. The Bertz CT molecular complexity index is 245. The first-order valence-electron chi connectivity index (χ1n) is 6.71. The molecule has 1 unspecified atom stereocenters. The van der Waals surface area contributed by atoms with Gasteiger partial charge in [-0.25, -0.2) is 0 Å². The Morgan fingerprint density at radius 2 is 2.00 bits per heavy atom. The molecule has 0 aromatic heterocycles. The van der Waals surface area contributed by atoms with Crippen LogP contribution >= 0.6 is 0 Å². The normalized spacial score (nSPS) is 20.2. The van der Waals surface area contributed by atoms with Crippen molar-refractivity contribution in [2.75, 3.05) is 32.8 Å². The Morgan fingerprint density at radius 3 is 2.47 bits per heavy atom. The summed E-state index contributed by atoms with van der Waals surface area (Å²) in [5.74, 6) is 0. The second-order valence-corrected chi connectivity index (χ2v) is 5.49. The highest BCUT2D eigenvalue weighted by atomic mass is 16.5. The number of hydrogen-bond donors (Lipinski definition) is 1. The van der Waals surface area contributed by atoms with Crippen molar-refractivity contribution < 1.29 is 4.74 Å². The third kappa shape index (κ3) is 3.80. The lowest BCUT2D eigenvalue weighted by atomic mass is 9.87. The van der Waals surface area contributed by atoms with Crippen LogP contribution in [0, 0.1) is 0 Å². The minimum atomic E-state index is 0.102. The van der Waals surface area contributed by atoms with Gasteiger partial charge in [-0.1, -0.05) is 19.1 Å². The Kier molecular flexibility index (Phi) is 5.63. The van der Waals surface area contributed by atoms with Gasteiger partial charge in [0.15, 0.2) is 0 Å². The van der Waals surface area contributed by atoms with Crippen LogP contribution in [0.1, 0.15) is 34.1 Å². The lowest BCUT2D eigenvalue weighted by Gasteiger charge is -2.46. The average molecular weight is 240 g/mol. The van der Waals surface area contributed by atoms with E-state index in [2.05, 4.69) is 44.5 Å². The van der Waals surface area contributed by atoms with E-state index in [9.17, 15) is 0 Å². The van der Waals surface area contributed by atoms with Crippen LogP contribution < -0.4 is 5.32 Å². The Balaban J connectivity index is 2.70. The highest BCUT2D eigenvalue weighted by Crippen LogP contribution is 2.24. The smallest absolute Gasteiger partial charge is 0.0594 e.